The van der Waals surface area contributed by atoms with Gasteiger partial charge < -0.3 is 9.84 Å². The summed E-state index contributed by atoms with van der Waals surface area (Å²) in [4.78, 5) is 12.1. The van der Waals surface area contributed by atoms with Crippen molar-refractivity contribution in [1.29, 1.82) is 0 Å². The van der Waals surface area contributed by atoms with Gasteiger partial charge in [-0.1, -0.05) is 25.5 Å². The molecule has 0 aromatic heterocycles. The van der Waals surface area contributed by atoms with Crippen LogP contribution >= 0.6 is 0 Å². The van der Waals surface area contributed by atoms with Crippen LogP contribution in [0.25, 0.3) is 0 Å². The van der Waals surface area contributed by atoms with Gasteiger partial charge in [0.25, 0.3) is 0 Å². The molecular formula is C27H44O3. The summed E-state index contributed by atoms with van der Waals surface area (Å²) >= 11 is 0. The van der Waals surface area contributed by atoms with Gasteiger partial charge >= 0.3 is 5.97 Å². The predicted molar refractivity (Wildman–Crippen MR) is 121 cm³/mol. The maximum Gasteiger partial charge on any atom is 0.306 e. The van der Waals surface area contributed by atoms with Crippen molar-refractivity contribution in [3.05, 3.63) is 11.6 Å². The van der Waals surface area contributed by atoms with Crippen LogP contribution in [-0.4, -0.2) is 22.8 Å². The number of hydrogen-bond donors (Lipinski definition) is 1. The Labute approximate surface area is 184 Å². The molecule has 3 heteroatoms. The maximum atomic E-state index is 12.1. The van der Waals surface area contributed by atoms with Gasteiger partial charge in [-0.3, -0.25) is 4.79 Å². The van der Waals surface area contributed by atoms with E-state index in [-0.39, 0.29) is 17.7 Å². The fraction of sp³-hybridized carbons (Fsp3) is 0.889. The average Bonchev–Trinajstić information content (AvgIpc) is 2.97. The number of aliphatic hydroxyl groups excluding tert-OH is 1. The van der Waals surface area contributed by atoms with Crippen LogP contribution in [0.5, 0.6) is 0 Å². The zero-order valence-electron chi connectivity index (χ0n) is 20.0. The van der Waals surface area contributed by atoms with Gasteiger partial charge in [-0.2, -0.15) is 0 Å². The third kappa shape index (κ3) is 4.00. The highest BCUT2D eigenvalue weighted by Gasteiger charge is 2.58. The van der Waals surface area contributed by atoms with Crippen LogP contribution in [0, 0.1) is 34.5 Å². The third-order valence-electron chi connectivity index (χ3n) is 9.63. The van der Waals surface area contributed by atoms with Crippen molar-refractivity contribution in [2.75, 3.05) is 0 Å². The van der Waals surface area contributed by atoms with E-state index in [0.29, 0.717) is 17.3 Å². The van der Waals surface area contributed by atoms with Crippen molar-refractivity contribution < 1.29 is 14.6 Å². The molecule has 0 radical (unpaired) electrons. The van der Waals surface area contributed by atoms with Crippen molar-refractivity contribution in [3.63, 3.8) is 0 Å². The lowest BCUT2D eigenvalue weighted by Crippen LogP contribution is -2.50. The molecule has 0 spiro atoms. The zero-order valence-corrected chi connectivity index (χ0v) is 20.0. The maximum absolute atomic E-state index is 12.1. The van der Waals surface area contributed by atoms with Crippen molar-refractivity contribution in [3.8, 4) is 0 Å². The first-order valence-corrected chi connectivity index (χ1v) is 12.6. The van der Waals surface area contributed by atoms with E-state index in [0.717, 1.165) is 42.9 Å². The minimum absolute atomic E-state index is 0.0386. The molecular weight excluding hydrogens is 372 g/mol. The number of carbonyl (C=O) groups excluding carboxylic acids is 1. The van der Waals surface area contributed by atoms with Crippen LogP contribution in [0.15, 0.2) is 11.6 Å². The SMILES string of the molecule is CC(C)(C)OC(=O)CCC[C@H]1CC[C@H]2[C@@H]3CC=C4C[C@@H](O)CC[C@]4(C)[C@H]3CC[C@]12C. The molecule has 4 aliphatic carbocycles. The van der Waals surface area contributed by atoms with E-state index in [4.69, 9.17) is 4.74 Å². The highest BCUT2D eigenvalue weighted by atomic mass is 16.6. The van der Waals surface area contributed by atoms with E-state index in [1.165, 1.54) is 44.9 Å². The second-order valence-corrected chi connectivity index (χ2v) is 12.5. The molecule has 1 N–H and O–H groups in total. The number of aliphatic hydroxyl groups is 1. The summed E-state index contributed by atoms with van der Waals surface area (Å²) in [6.07, 6.45) is 14.8. The number of hydrogen-bond acceptors (Lipinski definition) is 3. The topological polar surface area (TPSA) is 46.5 Å². The molecule has 3 fully saturated rings. The number of ether oxygens (including phenoxy) is 1. The Bertz CT molecular complexity index is 689. The molecule has 0 heterocycles. The van der Waals surface area contributed by atoms with Crippen molar-refractivity contribution >= 4 is 5.97 Å². The molecule has 4 aliphatic rings. The van der Waals surface area contributed by atoms with Gasteiger partial charge in [0.05, 0.1) is 6.10 Å². The first kappa shape index (κ1) is 22.4. The first-order chi connectivity index (χ1) is 14.0. The Kier molecular flexibility index (Phi) is 5.92. The monoisotopic (exact) mass is 416 g/mol. The van der Waals surface area contributed by atoms with E-state index in [1.807, 2.05) is 20.8 Å². The quantitative estimate of drug-likeness (QED) is 0.424. The minimum atomic E-state index is -0.376. The number of carbonyl (C=O) groups is 1. The van der Waals surface area contributed by atoms with Crippen LogP contribution in [0.1, 0.15) is 105 Å². The van der Waals surface area contributed by atoms with E-state index < -0.39 is 0 Å². The van der Waals surface area contributed by atoms with Crippen LogP contribution in [0.2, 0.25) is 0 Å². The van der Waals surface area contributed by atoms with Crippen molar-refractivity contribution in [2.45, 2.75) is 117 Å². The Morgan fingerprint density at radius 2 is 1.90 bits per heavy atom. The number of fused-ring (bicyclic) bond motifs is 5. The molecule has 0 unspecified atom stereocenters. The van der Waals surface area contributed by atoms with Crippen molar-refractivity contribution in [2.24, 2.45) is 34.5 Å². The lowest BCUT2D eigenvalue weighted by Gasteiger charge is -2.58. The lowest BCUT2D eigenvalue weighted by molar-refractivity contribution is -0.155. The average molecular weight is 417 g/mol. The Morgan fingerprint density at radius 3 is 2.63 bits per heavy atom. The van der Waals surface area contributed by atoms with Gasteiger partial charge in [-0.05, 0) is 119 Å². The van der Waals surface area contributed by atoms with E-state index in [9.17, 15) is 9.90 Å². The third-order valence-corrected chi connectivity index (χ3v) is 9.63. The summed E-state index contributed by atoms with van der Waals surface area (Å²) in [6.45, 7) is 10.9. The zero-order chi connectivity index (χ0) is 21.7. The molecule has 3 nitrogen and oxygen atoms in total. The second kappa shape index (κ2) is 7.94. The normalized spacial score (nSPS) is 43.3. The van der Waals surface area contributed by atoms with Crippen LogP contribution in [0.4, 0.5) is 0 Å². The summed E-state index contributed by atoms with van der Waals surface area (Å²) < 4.78 is 5.51. The molecule has 170 valence electrons. The summed E-state index contributed by atoms with van der Waals surface area (Å²) in [5.74, 6) is 3.19. The molecule has 0 aliphatic heterocycles. The fourth-order valence-electron chi connectivity index (χ4n) is 8.11. The van der Waals surface area contributed by atoms with E-state index in [1.54, 1.807) is 5.57 Å². The molecule has 0 aromatic carbocycles. The minimum Gasteiger partial charge on any atom is -0.460 e. The molecule has 3 saturated carbocycles. The Balaban J connectivity index is 1.40. The van der Waals surface area contributed by atoms with Gasteiger partial charge in [-0.25, -0.2) is 0 Å². The fourth-order valence-corrected chi connectivity index (χ4v) is 8.11. The lowest BCUT2D eigenvalue weighted by atomic mass is 9.47. The predicted octanol–water partition coefficient (Wildman–Crippen LogP) is 6.44. The summed E-state index contributed by atoms with van der Waals surface area (Å²) in [5, 5.41) is 10.2. The molecule has 4 rings (SSSR count). The van der Waals surface area contributed by atoms with Crippen molar-refractivity contribution in [1.82, 2.24) is 0 Å². The van der Waals surface area contributed by atoms with E-state index in [2.05, 4.69) is 19.9 Å². The molecule has 0 aromatic rings. The smallest absolute Gasteiger partial charge is 0.306 e. The molecule has 0 bridgehead atoms. The Morgan fingerprint density at radius 1 is 1.13 bits per heavy atom. The van der Waals surface area contributed by atoms with Crippen LogP contribution in [-0.2, 0) is 9.53 Å². The number of allylic oxidation sites excluding steroid dienone is 1. The number of rotatable bonds is 4. The molecule has 7 atom stereocenters. The molecule has 0 amide bonds. The molecule has 0 saturated heterocycles. The highest BCUT2D eigenvalue weighted by Crippen LogP contribution is 2.66. The highest BCUT2D eigenvalue weighted by molar-refractivity contribution is 5.69. The second-order valence-electron chi connectivity index (χ2n) is 12.5. The molecule has 30 heavy (non-hydrogen) atoms. The number of esters is 1. The van der Waals surface area contributed by atoms with Gasteiger partial charge in [0.1, 0.15) is 5.60 Å². The summed E-state index contributed by atoms with van der Waals surface area (Å²) in [6, 6.07) is 0. The van der Waals surface area contributed by atoms with Crippen LogP contribution < -0.4 is 0 Å². The largest absolute Gasteiger partial charge is 0.460 e. The summed E-state index contributed by atoms with van der Waals surface area (Å²) in [5.41, 5.74) is 1.97. The first-order valence-electron chi connectivity index (χ1n) is 12.6. The van der Waals surface area contributed by atoms with Crippen LogP contribution in [0.3, 0.4) is 0 Å². The van der Waals surface area contributed by atoms with Gasteiger partial charge in [-0.15, -0.1) is 0 Å². The standard InChI is InChI=1S/C27H44O3/c1-25(2,3)30-24(29)8-6-7-18-10-12-22-21-11-9-19-17-20(28)13-15-27(19,5)23(21)14-16-26(18,22)4/h9,18,20-23,28H,6-8,10-17H2,1-5H3/t18-,20-,21-,22-,23-,26+,27-/m0/s1. The van der Waals surface area contributed by atoms with E-state index >= 15 is 0 Å². The van der Waals surface area contributed by atoms with Gasteiger partial charge in [0.15, 0.2) is 0 Å². The van der Waals surface area contributed by atoms with Gasteiger partial charge in [0.2, 0.25) is 0 Å². The Hall–Kier alpha value is -0.830. The van der Waals surface area contributed by atoms with Gasteiger partial charge in [0, 0.05) is 6.42 Å². The summed E-state index contributed by atoms with van der Waals surface area (Å²) in [7, 11) is 0.